The minimum absolute atomic E-state index is 0.110. The van der Waals surface area contributed by atoms with E-state index in [1.165, 1.54) is 0 Å². The van der Waals surface area contributed by atoms with Gasteiger partial charge in [0.15, 0.2) is 0 Å². The van der Waals surface area contributed by atoms with Gasteiger partial charge in [-0.15, -0.1) is 0 Å². The monoisotopic (exact) mass is 354 g/mol. The van der Waals surface area contributed by atoms with Gasteiger partial charge in [-0.05, 0) is 0 Å². The molecule has 1 aliphatic rings. The van der Waals surface area contributed by atoms with Gasteiger partial charge in [-0.2, -0.15) is 0 Å². The molecule has 0 spiro atoms. The van der Waals surface area contributed by atoms with Crippen molar-refractivity contribution in [3.8, 4) is 0 Å². The standard InChI is InChI=1S/C7H6O2S.Hg/c8-7(9)5-3-1-2-4-6(5)10;/h1-4,10H,(H,8,9);/q;+2/p-2. The van der Waals surface area contributed by atoms with Crippen LogP contribution in [-0.4, -0.2) is 5.97 Å². The summed E-state index contributed by atoms with van der Waals surface area (Å²) in [7, 11) is 1.77. The van der Waals surface area contributed by atoms with Crippen LogP contribution in [0.2, 0.25) is 0 Å². The summed E-state index contributed by atoms with van der Waals surface area (Å²) >= 11 is -1.35. The average Bonchev–Trinajstić information content (AvgIpc) is 2.06. The van der Waals surface area contributed by atoms with Crippen LogP contribution in [0.15, 0.2) is 29.2 Å². The minimum atomic E-state index is -1.35. The van der Waals surface area contributed by atoms with Crippen molar-refractivity contribution >= 4 is 14.2 Å². The summed E-state index contributed by atoms with van der Waals surface area (Å²) < 4.78 is 5.05. The molecule has 11 heavy (non-hydrogen) atoms. The molecule has 0 N–H and O–H groups in total. The third-order valence-electron chi connectivity index (χ3n) is 1.51. The van der Waals surface area contributed by atoms with Gasteiger partial charge in [-0.1, -0.05) is 0 Å². The van der Waals surface area contributed by atoms with E-state index in [4.69, 9.17) is 2.64 Å². The maximum absolute atomic E-state index is 11.1. The van der Waals surface area contributed by atoms with E-state index in [1.807, 2.05) is 24.3 Å². The first-order valence-electron chi connectivity index (χ1n) is 3.27. The van der Waals surface area contributed by atoms with Crippen molar-refractivity contribution < 1.29 is 31.0 Å². The first-order chi connectivity index (χ1) is 5.38. The van der Waals surface area contributed by atoms with E-state index in [9.17, 15) is 4.79 Å². The molecule has 1 aromatic carbocycles. The van der Waals surface area contributed by atoms with Gasteiger partial charge in [0, 0.05) is 0 Å². The van der Waals surface area contributed by atoms with Gasteiger partial charge in [0.25, 0.3) is 0 Å². The summed E-state index contributed by atoms with van der Waals surface area (Å²) in [6, 6.07) is 7.62. The summed E-state index contributed by atoms with van der Waals surface area (Å²) in [5.41, 5.74) is 0.740. The van der Waals surface area contributed by atoms with Gasteiger partial charge in [0.2, 0.25) is 0 Å². The summed E-state index contributed by atoms with van der Waals surface area (Å²) in [6.07, 6.45) is 0. The third kappa shape index (κ3) is 1.44. The number of benzene rings is 1. The Morgan fingerprint density at radius 3 is 3.00 bits per heavy atom. The summed E-state index contributed by atoms with van der Waals surface area (Å²) in [5, 5.41) is 0. The quantitative estimate of drug-likeness (QED) is 0.667. The Labute approximate surface area is 79.5 Å². The fraction of sp³-hybridized carbons (Fsp3) is 0. The van der Waals surface area contributed by atoms with E-state index >= 15 is 0 Å². The van der Waals surface area contributed by atoms with Crippen LogP contribution >= 0.6 is 8.24 Å². The second kappa shape index (κ2) is 3.15. The molecule has 1 aromatic rings. The predicted octanol–water partition coefficient (Wildman–Crippen LogP) is 1.86. The molecule has 1 heterocycles. The zero-order valence-electron chi connectivity index (χ0n) is 5.74. The molecule has 0 saturated carbocycles. The fourth-order valence-corrected chi connectivity index (χ4v) is 8.72. The normalized spacial score (nSPS) is 14.0. The molecule has 1 aliphatic heterocycles. The molecule has 0 radical (unpaired) electrons. The fourth-order valence-electron chi connectivity index (χ4n) is 0.985. The van der Waals surface area contributed by atoms with Crippen molar-refractivity contribution in [3.63, 3.8) is 0 Å². The van der Waals surface area contributed by atoms with E-state index < -0.39 is 23.5 Å². The number of carbonyl (C=O) groups is 1. The Morgan fingerprint density at radius 1 is 1.36 bits per heavy atom. The van der Waals surface area contributed by atoms with E-state index in [-0.39, 0.29) is 5.97 Å². The van der Waals surface area contributed by atoms with Crippen LogP contribution in [0.1, 0.15) is 10.4 Å². The molecule has 0 saturated heterocycles. The van der Waals surface area contributed by atoms with Crippen molar-refractivity contribution in [1.82, 2.24) is 0 Å². The van der Waals surface area contributed by atoms with E-state index in [1.54, 1.807) is 8.24 Å². The van der Waals surface area contributed by atoms with Crippen LogP contribution in [0.5, 0.6) is 0 Å². The van der Waals surface area contributed by atoms with Crippen LogP contribution in [0.3, 0.4) is 0 Å². The Morgan fingerprint density at radius 2 is 2.18 bits per heavy atom. The van der Waals surface area contributed by atoms with Crippen molar-refractivity contribution in [2.45, 2.75) is 4.90 Å². The summed E-state index contributed by atoms with van der Waals surface area (Å²) in [4.78, 5) is 12.2. The summed E-state index contributed by atoms with van der Waals surface area (Å²) in [6.45, 7) is 0. The first kappa shape index (κ1) is 7.62. The van der Waals surface area contributed by atoms with Crippen molar-refractivity contribution in [3.05, 3.63) is 29.8 Å². The molecule has 0 aromatic heterocycles. The van der Waals surface area contributed by atoms with Crippen LogP contribution in [-0.2, 0) is 26.2 Å². The van der Waals surface area contributed by atoms with Crippen LogP contribution in [0, 0.1) is 0 Å². The predicted molar refractivity (Wildman–Crippen MR) is 37.7 cm³/mol. The molecule has 0 fully saturated rings. The Hall–Kier alpha value is -0.0249. The van der Waals surface area contributed by atoms with E-state index in [0.717, 1.165) is 10.5 Å². The van der Waals surface area contributed by atoms with E-state index in [2.05, 4.69) is 0 Å². The van der Waals surface area contributed by atoms with Crippen molar-refractivity contribution in [2.24, 2.45) is 0 Å². The molecule has 0 atom stereocenters. The molecule has 2 rings (SSSR count). The molecule has 4 heteroatoms. The van der Waals surface area contributed by atoms with Crippen molar-refractivity contribution in [2.75, 3.05) is 0 Å². The number of hydrogen-bond donors (Lipinski definition) is 0. The SMILES string of the molecule is O=C1[O][Hg][S]c2ccccc21. The van der Waals surface area contributed by atoms with Gasteiger partial charge < -0.3 is 0 Å². The number of hydrogen-bond acceptors (Lipinski definition) is 3. The van der Waals surface area contributed by atoms with Gasteiger partial charge >= 0.3 is 79.9 Å². The molecule has 0 amide bonds. The first-order valence-corrected chi connectivity index (χ1v) is 13.2. The van der Waals surface area contributed by atoms with Crippen LogP contribution < -0.4 is 0 Å². The van der Waals surface area contributed by atoms with E-state index in [0.29, 0.717) is 0 Å². The number of fused-ring (bicyclic) bond motifs is 1. The third-order valence-corrected chi connectivity index (χ3v) is 9.81. The van der Waals surface area contributed by atoms with Gasteiger partial charge in [-0.3, -0.25) is 0 Å². The molecule has 0 unspecified atom stereocenters. The molecular weight excluding hydrogens is 349 g/mol. The molecule has 0 aliphatic carbocycles. The van der Waals surface area contributed by atoms with Crippen molar-refractivity contribution in [1.29, 1.82) is 0 Å². The topological polar surface area (TPSA) is 26.3 Å². The second-order valence-electron chi connectivity index (χ2n) is 2.19. The van der Waals surface area contributed by atoms with Gasteiger partial charge in [0.05, 0.1) is 0 Å². The number of rotatable bonds is 0. The Balaban J connectivity index is 2.52. The second-order valence-corrected chi connectivity index (χ2v) is 10.4. The van der Waals surface area contributed by atoms with Gasteiger partial charge in [-0.25, -0.2) is 0 Å². The number of carbonyl (C=O) groups excluding carboxylic acids is 1. The maximum atomic E-state index is 11.1. The van der Waals surface area contributed by atoms with Crippen LogP contribution in [0.25, 0.3) is 0 Å². The zero-order chi connectivity index (χ0) is 7.68. The molecule has 0 bridgehead atoms. The van der Waals surface area contributed by atoms with Crippen LogP contribution in [0.4, 0.5) is 0 Å². The molecular formula is C7H4HgO2S. The zero-order valence-corrected chi connectivity index (χ0v) is 12.1. The molecule has 2 nitrogen and oxygen atoms in total. The summed E-state index contributed by atoms with van der Waals surface area (Å²) in [5.74, 6) is -0.110. The Bertz CT molecular complexity index is 300. The average molecular weight is 353 g/mol. The molecule has 52 valence electrons. The van der Waals surface area contributed by atoms with Gasteiger partial charge in [0.1, 0.15) is 0 Å². The Kier molecular flexibility index (Phi) is 2.18.